The van der Waals surface area contributed by atoms with Gasteiger partial charge in [0.25, 0.3) is 0 Å². The zero-order valence-electron chi connectivity index (χ0n) is 13.3. The van der Waals surface area contributed by atoms with E-state index in [1.165, 1.54) is 10.4 Å². The molecule has 0 radical (unpaired) electrons. The fraction of sp³-hybridized carbons (Fsp3) is 0.222. The highest BCUT2D eigenvalue weighted by Crippen LogP contribution is 2.14. The summed E-state index contributed by atoms with van der Waals surface area (Å²) in [5.74, 6) is -0.316. The minimum absolute atomic E-state index is 0.238. The van der Waals surface area contributed by atoms with Crippen molar-refractivity contribution in [3.05, 3.63) is 76.2 Å². The molecule has 1 aromatic carbocycles. The third-order valence-corrected chi connectivity index (χ3v) is 4.48. The van der Waals surface area contributed by atoms with E-state index in [0.29, 0.717) is 13.1 Å². The third kappa shape index (κ3) is 4.78. The molecule has 0 unspecified atom stereocenters. The summed E-state index contributed by atoms with van der Waals surface area (Å²) in [7, 11) is 0. The number of carbonyl (C=O) groups excluding carboxylic acids is 1. The van der Waals surface area contributed by atoms with Gasteiger partial charge in [-0.25, -0.2) is 0 Å². The molecular formula is C18H20N4OS. The molecule has 2 N–H and O–H groups in total. The molecule has 0 saturated heterocycles. The zero-order valence-corrected chi connectivity index (χ0v) is 14.2. The standard InChI is InChI=1S/C18H20N4OS/c19-18(23)14-21(13-17-7-4-8-24-17)10-16-9-20-22(12-16)11-15-5-2-1-3-6-15/h1-9,12H,10-11,13-14H2,(H2,19,23). The second kappa shape index (κ2) is 7.90. The fourth-order valence-corrected chi connectivity index (χ4v) is 3.36. The number of carbonyl (C=O) groups is 1. The smallest absolute Gasteiger partial charge is 0.231 e. The van der Waals surface area contributed by atoms with Crippen LogP contribution in [0.5, 0.6) is 0 Å². The van der Waals surface area contributed by atoms with Crippen LogP contribution in [0.25, 0.3) is 0 Å². The lowest BCUT2D eigenvalue weighted by atomic mass is 10.2. The quantitative estimate of drug-likeness (QED) is 0.685. The molecule has 0 saturated carbocycles. The van der Waals surface area contributed by atoms with E-state index >= 15 is 0 Å². The number of thiophene rings is 1. The van der Waals surface area contributed by atoms with Crippen molar-refractivity contribution in [2.24, 2.45) is 5.73 Å². The monoisotopic (exact) mass is 340 g/mol. The lowest BCUT2D eigenvalue weighted by Crippen LogP contribution is -2.32. The minimum Gasteiger partial charge on any atom is -0.369 e. The number of nitrogens with two attached hydrogens (primary N) is 1. The van der Waals surface area contributed by atoms with E-state index < -0.39 is 0 Å². The van der Waals surface area contributed by atoms with Crippen molar-refractivity contribution in [3.63, 3.8) is 0 Å². The Morgan fingerprint density at radius 3 is 2.67 bits per heavy atom. The molecule has 0 spiro atoms. The van der Waals surface area contributed by atoms with Crippen LogP contribution in [0.3, 0.4) is 0 Å². The number of hydrogen-bond donors (Lipinski definition) is 1. The Labute approximate surface area is 145 Å². The predicted octanol–water partition coefficient (Wildman–Crippen LogP) is 2.48. The molecule has 5 nitrogen and oxygen atoms in total. The Balaban J connectivity index is 1.65. The number of nitrogens with zero attached hydrogens (tertiary/aromatic N) is 3. The Morgan fingerprint density at radius 1 is 1.12 bits per heavy atom. The number of amides is 1. The first-order valence-electron chi connectivity index (χ1n) is 7.77. The van der Waals surface area contributed by atoms with Gasteiger partial charge >= 0.3 is 0 Å². The lowest BCUT2D eigenvalue weighted by molar-refractivity contribution is -0.119. The minimum atomic E-state index is -0.316. The van der Waals surface area contributed by atoms with E-state index in [9.17, 15) is 4.79 Å². The molecule has 0 aliphatic heterocycles. The molecule has 3 rings (SSSR count). The largest absolute Gasteiger partial charge is 0.369 e. The van der Waals surface area contributed by atoms with Crippen molar-refractivity contribution >= 4 is 17.2 Å². The SMILES string of the molecule is NC(=O)CN(Cc1cnn(Cc2ccccc2)c1)Cc1cccs1. The van der Waals surface area contributed by atoms with Crippen molar-refractivity contribution in [2.45, 2.75) is 19.6 Å². The highest BCUT2D eigenvalue weighted by Gasteiger charge is 2.12. The van der Waals surface area contributed by atoms with E-state index in [1.807, 2.05) is 51.6 Å². The molecule has 0 aliphatic carbocycles. The second-order valence-corrected chi connectivity index (χ2v) is 6.75. The molecule has 124 valence electrons. The molecule has 0 fully saturated rings. The van der Waals surface area contributed by atoms with Gasteiger partial charge < -0.3 is 5.73 Å². The van der Waals surface area contributed by atoms with Gasteiger partial charge in [-0.1, -0.05) is 36.4 Å². The second-order valence-electron chi connectivity index (χ2n) is 5.72. The molecule has 0 atom stereocenters. The highest BCUT2D eigenvalue weighted by atomic mass is 32.1. The number of aromatic nitrogens is 2. The third-order valence-electron chi connectivity index (χ3n) is 3.62. The van der Waals surface area contributed by atoms with Gasteiger partial charge in [-0.2, -0.15) is 5.10 Å². The highest BCUT2D eigenvalue weighted by molar-refractivity contribution is 7.09. The van der Waals surface area contributed by atoms with Crippen molar-refractivity contribution in [3.8, 4) is 0 Å². The molecule has 1 amide bonds. The maximum absolute atomic E-state index is 11.3. The Bertz CT molecular complexity index is 767. The van der Waals surface area contributed by atoms with Gasteiger partial charge in [0.05, 0.1) is 19.3 Å². The summed E-state index contributed by atoms with van der Waals surface area (Å²) in [6.45, 7) is 2.34. The van der Waals surface area contributed by atoms with E-state index in [-0.39, 0.29) is 12.5 Å². The fourth-order valence-electron chi connectivity index (χ4n) is 2.61. The number of benzene rings is 1. The van der Waals surface area contributed by atoms with E-state index in [4.69, 9.17) is 5.73 Å². The zero-order chi connectivity index (χ0) is 16.8. The maximum atomic E-state index is 11.3. The first-order chi connectivity index (χ1) is 11.7. The lowest BCUT2D eigenvalue weighted by Gasteiger charge is -2.19. The summed E-state index contributed by atoms with van der Waals surface area (Å²) in [6.07, 6.45) is 3.88. The summed E-state index contributed by atoms with van der Waals surface area (Å²) >= 11 is 1.68. The maximum Gasteiger partial charge on any atom is 0.231 e. The molecule has 0 aliphatic rings. The van der Waals surface area contributed by atoms with Gasteiger partial charge in [0.1, 0.15) is 0 Å². The molecule has 24 heavy (non-hydrogen) atoms. The van der Waals surface area contributed by atoms with E-state index in [2.05, 4.69) is 23.3 Å². The summed E-state index contributed by atoms with van der Waals surface area (Å²) in [5.41, 5.74) is 7.67. The molecular weight excluding hydrogens is 320 g/mol. The van der Waals surface area contributed by atoms with Gasteiger partial charge in [-0.05, 0) is 17.0 Å². The molecule has 6 heteroatoms. The van der Waals surface area contributed by atoms with Crippen LogP contribution in [-0.4, -0.2) is 27.1 Å². The van der Waals surface area contributed by atoms with Gasteiger partial charge in [0.15, 0.2) is 0 Å². The Kier molecular flexibility index (Phi) is 5.40. The van der Waals surface area contributed by atoms with Crippen LogP contribution in [-0.2, 0) is 24.4 Å². The van der Waals surface area contributed by atoms with E-state index in [1.54, 1.807) is 11.3 Å². The molecule has 2 aromatic heterocycles. The summed E-state index contributed by atoms with van der Waals surface area (Å²) < 4.78 is 1.91. The van der Waals surface area contributed by atoms with Gasteiger partial charge in [0, 0.05) is 29.7 Å². The van der Waals surface area contributed by atoms with Crippen LogP contribution in [0.2, 0.25) is 0 Å². The van der Waals surface area contributed by atoms with Crippen LogP contribution >= 0.6 is 11.3 Å². The van der Waals surface area contributed by atoms with Gasteiger partial charge in [0.2, 0.25) is 5.91 Å². The summed E-state index contributed by atoms with van der Waals surface area (Å²) in [6, 6.07) is 14.3. The van der Waals surface area contributed by atoms with Crippen LogP contribution in [0.15, 0.2) is 60.2 Å². The van der Waals surface area contributed by atoms with Crippen LogP contribution in [0.1, 0.15) is 16.0 Å². The van der Waals surface area contributed by atoms with Crippen LogP contribution < -0.4 is 5.73 Å². The first kappa shape index (κ1) is 16.4. The van der Waals surface area contributed by atoms with Crippen molar-refractivity contribution < 1.29 is 4.79 Å². The Morgan fingerprint density at radius 2 is 1.96 bits per heavy atom. The summed E-state index contributed by atoms with van der Waals surface area (Å²) in [4.78, 5) is 14.6. The van der Waals surface area contributed by atoms with Crippen molar-refractivity contribution in [1.29, 1.82) is 0 Å². The van der Waals surface area contributed by atoms with Crippen LogP contribution in [0, 0.1) is 0 Å². The first-order valence-corrected chi connectivity index (χ1v) is 8.65. The van der Waals surface area contributed by atoms with Crippen molar-refractivity contribution in [1.82, 2.24) is 14.7 Å². The number of hydrogen-bond acceptors (Lipinski definition) is 4. The average molecular weight is 340 g/mol. The van der Waals surface area contributed by atoms with E-state index in [0.717, 1.165) is 12.1 Å². The normalized spacial score (nSPS) is 11.0. The van der Waals surface area contributed by atoms with Crippen molar-refractivity contribution in [2.75, 3.05) is 6.54 Å². The summed E-state index contributed by atoms with van der Waals surface area (Å²) in [5, 5.41) is 6.45. The topological polar surface area (TPSA) is 64.2 Å². The molecule has 3 aromatic rings. The average Bonchev–Trinajstić information content (AvgIpc) is 3.20. The number of rotatable bonds is 8. The van der Waals surface area contributed by atoms with Gasteiger partial charge in [-0.15, -0.1) is 11.3 Å². The molecule has 0 bridgehead atoms. The van der Waals surface area contributed by atoms with Crippen LogP contribution in [0.4, 0.5) is 0 Å². The predicted molar refractivity (Wildman–Crippen MR) is 95.4 cm³/mol. The molecule has 2 heterocycles. The Hall–Kier alpha value is -2.44. The van der Waals surface area contributed by atoms with Gasteiger partial charge in [-0.3, -0.25) is 14.4 Å². The number of primary amides is 1.